The monoisotopic (exact) mass is 649 g/mol. The second-order valence-corrected chi connectivity index (χ2v) is 11.7. The van der Waals surface area contributed by atoms with Crippen molar-refractivity contribution in [3.05, 3.63) is 95.6 Å². The molecule has 0 bridgehead atoms. The van der Waals surface area contributed by atoms with Crippen molar-refractivity contribution in [3.63, 3.8) is 0 Å². The fraction of sp³-hybridized carbons (Fsp3) is 0.419. The quantitative estimate of drug-likeness (QED) is 0.106. The Morgan fingerprint density at radius 3 is 1.53 bits per heavy atom. The highest BCUT2D eigenvalue weighted by Gasteiger charge is 2.45. The average Bonchev–Trinajstić information content (AvgIpc) is 2.92. The Hall–Kier alpha value is -3.39. The SMILES string of the molecule is C[N+](C)(C)CC1(OB(Oc2cccc(C(F)(F)F)c2)Oc2cccc(C(F)(F)F)c2)CCCCC1.FC(F)(F)c1c[c-]ccc1. The minimum absolute atomic E-state index is 0.173. The lowest BCUT2D eigenvalue weighted by molar-refractivity contribution is -0.877. The van der Waals surface area contributed by atoms with Crippen molar-refractivity contribution in [1.82, 2.24) is 0 Å². The Kier molecular flexibility index (Phi) is 11.5. The van der Waals surface area contributed by atoms with Crippen LogP contribution >= 0.6 is 0 Å². The summed E-state index contributed by atoms with van der Waals surface area (Å²) in [4.78, 5) is 0. The Labute approximate surface area is 256 Å². The zero-order chi connectivity index (χ0) is 33.5. The van der Waals surface area contributed by atoms with Gasteiger partial charge in [-0.1, -0.05) is 37.0 Å². The summed E-state index contributed by atoms with van der Waals surface area (Å²) in [6, 6.07) is 15.4. The molecule has 0 N–H and O–H groups in total. The lowest BCUT2D eigenvalue weighted by Crippen LogP contribution is -2.55. The van der Waals surface area contributed by atoms with Gasteiger partial charge < -0.3 is 18.4 Å². The molecule has 3 aromatic carbocycles. The maximum absolute atomic E-state index is 13.2. The molecule has 0 saturated heterocycles. The predicted molar refractivity (Wildman–Crippen MR) is 150 cm³/mol. The zero-order valence-corrected chi connectivity index (χ0v) is 24.8. The molecule has 1 aliphatic rings. The molecule has 0 unspecified atom stereocenters. The standard InChI is InChI=1S/C24H29BF6NO3.C7H4F3/c1-32(2,3)17-22(13-5-4-6-14-22)35-25(33-20-11-7-9-18(15-20)23(26,27)28)34-21-12-8-10-19(16-21)24(29,30)31;8-7(9,10)6-4-2-1-3-5-6/h7-12,15-16H,4-6,13-14,17H2,1-3H3;1-2,4-5H/q+1;-1. The van der Waals surface area contributed by atoms with E-state index < -0.39 is 48.1 Å². The lowest BCUT2D eigenvalue weighted by Gasteiger charge is -2.42. The van der Waals surface area contributed by atoms with Gasteiger partial charge in [-0.05, 0) is 49.2 Å². The third-order valence-corrected chi connectivity index (χ3v) is 6.70. The van der Waals surface area contributed by atoms with Crippen LogP contribution in [0.5, 0.6) is 11.5 Å². The minimum Gasteiger partial charge on any atom is -0.501 e. The van der Waals surface area contributed by atoms with Crippen LogP contribution in [-0.4, -0.2) is 45.1 Å². The van der Waals surface area contributed by atoms with E-state index in [9.17, 15) is 39.5 Å². The highest BCUT2D eigenvalue weighted by molar-refractivity contribution is 6.38. The Morgan fingerprint density at radius 1 is 0.689 bits per heavy atom. The molecule has 0 aromatic heterocycles. The van der Waals surface area contributed by atoms with E-state index in [4.69, 9.17) is 14.0 Å². The summed E-state index contributed by atoms with van der Waals surface area (Å²) < 4.78 is 133. The molecule has 0 heterocycles. The number of quaternary nitrogens is 1. The van der Waals surface area contributed by atoms with Crippen molar-refractivity contribution < 1.29 is 58.0 Å². The molecule has 4 rings (SSSR count). The molecule has 246 valence electrons. The topological polar surface area (TPSA) is 27.7 Å². The molecule has 0 radical (unpaired) electrons. The summed E-state index contributed by atoms with van der Waals surface area (Å²) in [7, 11) is 4.38. The van der Waals surface area contributed by atoms with Gasteiger partial charge in [-0.3, -0.25) is 0 Å². The normalized spacial score (nSPS) is 15.5. The summed E-state index contributed by atoms with van der Waals surface area (Å²) >= 11 is 0. The van der Waals surface area contributed by atoms with E-state index in [1.54, 1.807) is 0 Å². The number of likely N-dealkylation sites (N-methyl/N-ethyl adjacent to an activating group) is 1. The Balaban J connectivity index is 0.000000468. The first-order valence-corrected chi connectivity index (χ1v) is 14.0. The zero-order valence-electron chi connectivity index (χ0n) is 24.8. The van der Waals surface area contributed by atoms with Crippen LogP contribution < -0.4 is 9.31 Å². The third kappa shape index (κ3) is 11.8. The summed E-state index contributed by atoms with van der Waals surface area (Å²) in [5.41, 5.74) is -3.22. The molecule has 1 fully saturated rings. The Bertz CT molecular complexity index is 1290. The van der Waals surface area contributed by atoms with E-state index in [0.717, 1.165) is 55.7 Å². The summed E-state index contributed by atoms with van der Waals surface area (Å²) in [5, 5.41) is 0. The van der Waals surface area contributed by atoms with Crippen LogP contribution in [0.4, 0.5) is 39.5 Å². The lowest BCUT2D eigenvalue weighted by atomic mass is 9.82. The van der Waals surface area contributed by atoms with Crippen LogP contribution in [0.25, 0.3) is 0 Å². The molecule has 0 amide bonds. The maximum atomic E-state index is 13.2. The first-order valence-electron chi connectivity index (χ1n) is 14.0. The van der Waals surface area contributed by atoms with Crippen LogP contribution in [0, 0.1) is 6.07 Å². The second-order valence-electron chi connectivity index (χ2n) is 11.7. The number of hydrogen-bond donors (Lipinski definition) is 0. The van der Waals surface area contributed by atoms with Crippen LogP contribution in [0.1, 0.15) is 48.8 Å². The fourth-order valence-corrected chi connectivity index (χ4v) is 4.93. The molecule has 1 saturated carbocycles. The molecule has 45 heavy (non-hydrogen) atoms. The van der Waals surface area contributed by atoms with E-state index >= 15 is 0 Å². The average molecular weight is 649 g/mol. The molecule has 4 nitrogen and oxygen atoms in total. The molecule has 3 aromatic rings. The molecular formula is C31H33BF9NO3. The van der Waals surface area contributed by atoms with Gasteiger partial charge in [0.1, 0.15) is 23.6 Å². The van der Waals surface area contributed by atoms with Gasteiger partial charge >= 0.3 is 25.9 Å². The number of benzene rings is 3. The molecule has 0 spiro atoms. The maximum Gasteiger partial charge on any atom is 0.788 e. The highest BCUT2D eigenvalue weighted by atomic mass is 19.4. The smallest absolute Gasteiger partial charge is 0.501 e. The first-order chi connectivity index (χ1) is 20.8. The van der Waals surface area contributed by atoms with Crippen molar-refractivity contribution in [3.8, 4) is 11.5 Å². The van der Waals surface area contributed by atoms with Gasteiger partial charge in [0.15, 0.2) is 0 Å². The van der Waals surface area contributed by atoms with Gasteiger partial charge in [-0.15, -0.1) is 0 Å². The highest BCUT2D eigenvalue weighted by Crippen LogP contribution is 2.37. The fourth-order valence-electron chi connectivity index (χ4n) is 4.93. The van der Waals surface area contributed by atoms with E-state index in [1.165, 1.54) is 36.4 Å². The Morgan fingerprint density at radius 2 is 1.16 bits per heavy atom. The summed E-state index contributed by atoms with van der Waals surface area (Å²) in [5.74, 6) is -0.346. The van der Waals surface area contributed by atoms with Crippen LogP contribution in [0.15, 0.2) is 72.8 Å². The molecular weight excluding hydrogens is 616 g/mol. The molecule has 1 aliphatic carbocycles. The van der Waals surface area contributed by atoms with E-state index in [1.807, 2.05) is 21.1 Å². The van der Waals surface area contributed by atoms with Gasteiger partial charge in [0.05, 0.1) is 32.3 Å². The summed E-state index contributed by atoms with van der Waals surface area (Å²) in [6.45, 7) is 0.557. The van der Waals surface area contributed by atoms with E-state index in [-0.39, 0.29) is 11.5 Å². The molecule has 14 heteroatoms. The van der Waals surface area contributed by atoms with Crippen molar-refractivity contribution >= 4 is 7.32 Å². The second kappa shape index (κ2) is 14.4. The van der Waals surface area contributed by atoms with E-state index in [2.05, 4.69) is 6.07 Å². The van der Waals surface area contributed by atoms with Crippen molar-refractivity contribution in [2.45, 2.75) is 56.2 Å². The minimum atomic E-state index is -4.59. The van der Waals surface area contributed by atoms with Gasteiger partial charge in [0.2, 0.25) is 0 Å². The van der Waals surface area contributed by atoms with Gasteiger partial charge in [-0.2, -0.15) is 69.8 Å². The van der Waals surface area contributed by atoms with Gasteiger partial charge in [0, 0.05) is 0 Å². The summed E-state index contributed by atoms with van der Waals surface area (Å²) in [6.07, 6.45) is -9.33. The first kappa shape index (κ1) is 36.1. The third-order valence-electron chi connectivity index (χ3n) is 6.70. The van der Waals surface area contributed by atoms with Gasteiger partial charge in [-0.25, -0.2) is 0 Å². The number of hydrogen-bond acceptors (Lipinski definition) is 3. The largest absolute Gasteiger partial charge is 0.788 e. The number of nitrogens with zero attached hydrogens (tertiary/aromatic N) is 1. The predicted octanol–water partition coefficient (Wildman–Crippen LogP) is 9.10. The van der Waals surface area contributed by atoms with Crippen LogP contribution in [-0.2, 0) is 23.2 Å². The van der Waals surface area contributed by atoms with Crippen molar-refractivity contribution in [2.75, 3.05) is 27.7 Å². The molecule has 0 atom stereocenters. The number of halogens is 9. The van der Waals surface area contributed by atoms with Crippen molar-refractivity contribution in [2.24, 2.45) is 0 Å². The molecule has 0 aliphatic heterocycles. The van der Waals surface area contributed by atoms with Crippen LogP contribution in [0.3, 0.4) is 0 Å². The van der Waals surface area contributed by atoms with Crippen molar-refractivity contribution in [1.29, 1.82) is 0 Å². The number of alkyl halides is 9. The van der Waals surface area contributed by atoms with Gasteiger partial charge in [0.25, 0.3) is 0 Å². The van der Waals surface area contributed by atoms with Crippen LogP contribution in [0.2, 0.25) is 0 Å². The number of rotatable bonds is 8. The van der Waals surface area contributed by atoms with E-state index in [0.29, 0.717) is 23.9 Å².